The number of carbonyl (C=O) groups excluding carboxylic acids is 1. The maximum atomic E-state index is 13.0. The van der Waals surface area contributed by atoms with Crippen LogP contribution in [0, 0.1) is 5.82 Å². The molecule has 1 aliphatic heterocycles. The van der Waals surface area contributed by atoms with Gasteiger partial charge in [0.05, 0.1) is 11.5 Å². The van der Waals surface area contributed by atoms with Crippen molar-refractivity contribution in [1.82, 2.24) is 4.90 Å². The number of sulfone groups is 1. The molecule has 1 fully saturated rings. The predicted molar refractivity (Wildman–Crippen MR) is 99.5 cm³/mol. The molecular formula is C20H20FNO3S. The summed E-state index contributed by atoms with van der Waals surface area (Å²) in [5, 5.41) is 0. The normalized spacial score (nSPS) is 18.9. The lowest BCUT2D eigenvalue weighted by atomic mass is 10.1. The summed E-state index contributed by atoms with van der Waals surface area (Å²) in [7, 11) is -3.10. The summed E-state index contributed by atoms with van der Waals surface area (Å²) in [5.74, 6) is -0.482. The third-order valence-corrected chi connectivity index (χ3v) is 6.17. The molecule has 1 atom stereocenters. The zero-order valence-corrected chi connectivity index (χ0v) is 15.0. The maximum absolute atomic E-state index is 13.0. The molecule has 2 aromatic carbocycles. The van der Waals surface area contributed by atoms with Gasteiger partial charge in [-0.25, -0.2) is 12.8 Å². The molecule has 2 aromatic rings. The maximum Gasteiger partial charge on any atom is 0.247 e. The first-order chi connectivity index (χ1) is 12.4. The van der Waals surface area contributed by atoms with Crippen LogP contribution < -0.4 is 0 Å². The molecule has 0 saturated carbocycles. The van der Waals surface area contributed by atoms with Gasteiger partial charge in [0.25, 0.3) is 0 Å². The van der Waals surface area contributed by atoms with Gasteiger partial charge in [0.2, 0.25) is 5.91 Å². The van der Waals surface area contributed by atoms with Crippen molar-refractivity contribution in [2.75, 3.05) is 11.5 Å². The highest BCUT2D eigenvalue weighted by molar-refractivity contribution is 7.91. The number of amides is 1. The number of rotatable bonds is 5. The van der Waals surface area contributed by atoms with Gasteiger partial charge in [-0.1, -0.05) is 42.5 Å². The van der Waals surface area contributed by atoms with Crippen LogP contribution in [-0.2, 0) is 21.2 Å². The first-order valence-electron chi connectivity index (χ1n) is 8.41. The second-order valence-electron chi connectivity index (χ2n) is 6.39. The van der Waals surface area contributed by atoms with Crippen molar-refractivity contribution in [3.05, 3.63) is 77.6 Å². The molecule has 26 heavy (non-hydrogen) atoms. The lowest BCUT2D eigenvalue weighted by Gasteiger charge is -2.27. The van der Waals surface area contributed by atoms with Crippen molar-refractivity contribution in [2.45, 2.75) is 19.0 Å². The minimum absolute atomic E-state index is 0.00401. The van der Waals surface area contributed by atoms with Crippen LogP contribution in [0.1, 0.15) is 17.5 Å². The van der Waals surface area contributed by atoms with Gasteiger partial charge in [0.1, 0.15) is 5.82 Å². The zero-order chi connectivity index (χ0) is 18.6. The Kier molecular flexibility index (Phi) is 5.52. The Labute approximate surface area is 152 Å². The SMILES string of the molecule is O=C(/C=C/c1ccc(F)cc1)N(Cc1ccccc1)C1CCS(=O)(=O)C1. The highest BCUT2D eigenvalue weighted by Crippen LogP contribution is 2.21. The van der Waals surface area contributed by atoms with Gasteiger partial charge in [-0.3, -0.25) is 4.79 Å². The van der Waals surface area contributed by atoms with Crippen LogP contribution >= 0.6 is 0 Å². The smallest absolute Gasteiger partial charge is 0.247 e. The van der Waals surface area contributed by atoms with Crippen molar-refractivity contribution in [3.63, 3.8) is 0 Å². The molecule has 1 heterocycles. The zero-order valence-electron chi connectivity index (χ0n) is 14.2. The third-order valence-electron chi connectivity index (χ3n) is 4.42. The Balaban J connectivity index is 1.79. The highest BCUT2D eigenvalue weighted by Gasteiger charge is 2.34. The van der Waals surface area contributed by atoms with E-state index >= 15 is 0 Å². The van der Waals surface area contributed by atoms with Crippen LogP contribution in [0.4, 0.5) is 4.39 Å². The van der Waals surface area contributed by atoms with Gasteiger partial charge in [-0.2, -0.15) is 0 Å². The van der Waals surface area contributed by atoms with Crippen molar-refractivity contribution < 1.29 is 17.6 Å². The van der Waals surface area contributed by atoms with E-state index in [1.807, 2.05) is 30.3 Å². The molecule has 0 N–H and O–H groups in total. The van der Waals surface area contributed by atoms with Crippen molar-refractivity contribution in [2.24, 2.45) is 0 Å². The van der Waals surface area contributed by atoms with Crippen LogP contribution in [0.2, 0.25) is 0 Å². The topological polar surface area (TPSA) is 54.5 Å². The lowest BCUT2D eigenvalue weighted by Crippen LogP contribution is -2.39. The Morgan fingerprint density at radius 2 is 1.81 bits per heavy atom. The number of carbonyl (C=O) groups is 1. The largest absolute Gasteiger partial charge is 0.331 e. The van der Waals surface area contributed by atoms with Crippen LogP contribution in [0.15, 0.2) is 60.7 Å². The quantitative estimate of drug-likeness (QED) is 0.757. The van der Waals surface area contributed by atoms with Gasteiger partial charge in [-0.05, 0) is 35.8 Å². The Bertz CT molecular complexity index is 892. The molecule has 1 amide bonds. The van der Waals surface area contributed by atoms with Gasteiger partial charge in [0, 0.05) is 18.7 Å². The number of hydrogen-bond acceptors (Lipinski definition) is 3. The average molecular weight is 373 g/mol. The molecule has 0 bridgehead atoms. The molecule has 3 rings (SSSR count). The molecule has 4 nitrogen and oxygen atoms in total. The van der Waals surface area contributed by atoms with Gasteiger partial charge in [-0.15, -0.1) is 0 Å². The van der Waals surface area contributed by atoms with E-state index in [2.05, 4.69) is 0 Å². The molecule has 0 aliphatic carbocycles. The fourth-order valence-electron chi connectivity index (χ4n) is 3.03. The van der Waals surface area contributed by atoms with Crippen LogP contribution in [0.3, 0.4) is 0 Å². The number of halogens is 1. The summed E-state index contributed by atoms with van der Waals surface area (Å²) in [4.78, 5) is 14.4. The van der Waals surface area contributed by atoms with Crippen LogP contribution in [0.5, 0.6) is 0 Å². The summed E-state index contributed by atoms with van der Waals surface area (Å²) < 4.78 is 36.7. The molecule has 136 valence electrons. The Morgan fingerprint density at radius 3 is 2.42 bits per heavy atom. The van der Waals surface area contributed by atoms with Gasteiger partial charge >= 0.3 is 0 Å². The first kappa shape index (κ1) is 18.3. The van der Waals surface area contributed by atoms with E-state index in [1.54, 1.807) is 23.1 Å². The fraction of sp³-hybridized carbons (Fsp3) is 0.250. The van der Waals surface area contributed by atoms with E-state index in [1.165, 1.54) is 18.2 Å². The average Bonchev–Trinajstić information content (AvgIpc) is 2.99. The van der Waals surface area contributed by atoms with Crippen LogP contribution in [0.25, 0.3) is 6.08 Å². The molecule has 0 spiro atoms. The van der Waals surface area contributed by atoms with Crippen molar-refractivity contribution >= 4 is 21.8 Å². The van der Waals surface area contributed by atoms with Crippen molar-refractivity contribution in [1.29, 1.82) is 0 Å². The fourth-order valence-corrected chi connectivity index (χ4v) is 4.76. The molecule has 0 aromatic heterocycles. The van der Waals surface area contributed by atoms with Gasteiger partial charge in [0.15, 0.2) is 9.84 Å². The summed E-state index contributed by atoms with van der Waals surface area (Å²) in [5.41, 5.74) is 1.65. The van der Waals surface area contributed by atoms with E-state index in [0.29, 0.717) is 18.5 Å². The summed E-state index contributed by atoms with van der Waals surface area (Å²) in [6.07, 6.45) is 3.48. The Hall–Kier alpha value is -2.47. The van der Waals surface area contributed by atoms with E-state index in [0.717, 1.165) is 5.56 Å². The minimum Gasteiger partial charge on any atom is -0.331 e. The summed E-state index contributed by atoms with van der Waals surface area (Å²) in [6, 6.07) is 15.0. The minimum atomic E-state index is -3.10. The highest BCUT2D eigenvalue weighted by atomic mass is 32.2. The second-order valence-corrected chi connectivity index (χ2v) is 8.62. The van der Waals surface area contributed by atoms with E-state index in [4.69, 9.17) is 0 Å². The monoisotopic (exact) mass is 373 g/mol. The molecule has 6 heteroatoms. The lowest BCUT2D eigenvalue weighted by molar-refractivity contribution is -0.128. The predicted octanol–water partition coefficient (Wildman–Crippen LogP) is 3.05. The molecule has 1 aliphatic rings. The van der Waals surface area contributed by atoms with Gasteiger partial charge < -0.3 is 4.90 Å². The standard InChI is InChI=1S/C20H20FNO3S/c21-18-9-6-16(7-10-18)8-11-20(23)22(14-17-4-2-1-3-5-17)19-12-13-26(24,25)15-19/h1-11,19H,12-15H2/b11-8+. The number of benzene rings is 2. The molecular weight excluding hydrogens is 353 g/mol. The number of nitrogens with zero attached hydrogens (tertiary/aromatic N) is 1. The third kappa shape index (κ3) is 4.79. The summed E-state index contributed by atoms with van der Waals surface area (Å²) in [6.45, 7) is 0.355. The van der Waals surface area contributed by atoms with E-state index < -0.39 is 9.84 Å². The second kappa shape index (κ2) is 7.83. The van der Waals surface area contributed by atoms with E-state index in [-0.39, 0.29) is 29.3 Å². The van der Waals surface area contributed by atoms with E-state index in [9.17, 15) is 17.6 Å². The molecule has 1 unspecified atom stereocenters. The first-order valence-corrected chi connectivity index (χ1v) is 10.2. The summed E-state index contributed by atoms with van der Waals surface area (Å²) >= 11 is 0. The Morgan fingerprint density at radius 1 is 1.12 bits per heavy atom. The van der Waals surface area contributed by atoms with Crippen molar-refractivity contribution in [3.8, 4) is 0 Å². The molecule has 1 saturated heterocycles. The molecule has 0 radical (unpaired) electrons. The van der Waals surface area contributed by atoms with Crippen LogP contribution in [-0.4, -0.2) is 36.8 Å². The number of hydrogen-bond donors (Lipinski definition) is 0.